The minimum absolute atomic E-state index is 6.00. The Morgan fingerprint density at radius 1 is 0.400 bits per heavy atom. The van der Waals surface area contributed by atoms with Crippen LogP contribution in [-0.4, -0.2) is 14.5 Å². The molecule has 0 aliphatic rings. The van der Waals surface area contributed by atoms with Crippen LogP contribution in [0.3, 0.4) is 0 Å². The van der Waals surface area contributed by atoms with Gasteiger partial charge in [-0.1, -0.05) is 0 Å². The van der Waals surface area contributed by atoms with Crippen molar-refractivity contribution in [2.75, 3.05) is 0 Å². The first kappa shape index (κ1) is 12.3. The fraction of sp³-hybridized carbons (Fsp3) is 0. The summed E-state index contributed by atoms with van der Waals surface area (Å²) in [5.74, 6) is 0. The van der Waals surface area contributed by atoms with Crippen LogP contribution in [0.5, 0.6) is 0 Å². The summed E-state index contributed by atoms with van der Waals surface area (Å²) in [5, 5.41) is 0. The van der Waals surface area contributed by atoms with Gasteiger partial charge in [0, 0.05) is 0 Å². The van der Waals surface area contributed by atoms with Crippen molar-refractivity contribution in [2.24, 2.45) is 0 Å². The highest BCUT2D eigenvalue weighted by Crippen LogP contribution is 2.07. The van der Waals surface area contributed by atoms with Crippen molar-refractivity contribution < 1.29 is 34.5 Å². The van der Waals surface area contributed by atoms with Gasteiger partial charge in [0.25, 0.3) is 0 Å². The van der Waals surface area contributed by atoms with Crippen LogP contribution in [0, 0.1) is 0 Å². The summed E-state index contributed by atoms with van der Waals surface area (Å²) < 4.78 is 78.0. The molecule has 0 aromatic rings. The van der Waals surface area contributed by atoms with Gasteiger partial charge < -0.3 is 34.5 Å². The molecule has 10 heavy (non-hydrogen) atoms. The molecule has 0 heterocycles. The van der Waals surface area contributed by atoms with E-state index in [1.807, 2.05) is 0 Å². The predicted octanol–water partition coefficient (Wildman–Crippen LogP) is 2.60. The van der Waals surface area contributed by atoms with Crippen LogP contribution < -0.4 is 0 Å². The molecule has 0 saturated heterocycles. The van der Waals surface area contributed by atoms with Crippen molar-refractivity contribution >= 4 is 14.5 Å². The van der Waals surface area contributed by atoms with E-state index in [2.05, 4.69) is 0 Å². The number of halogens is 8. The zero-order chi connectivity index (χ0) is 9.00. The van der Waals surface area contributed by atoms with E-state index >= 15 is 0 Å². The Bertz CT molecular complexity index is 50.2. The van der Waals surface area contributed by atoms with Gasteiger partial charge in [-0.05, 0) is 0 Å². The Balaban J connectivity index is 0. The molecule has 0 radical (unpaired) electrons. The molecule has 0 unspecified atom stereocenters. The highest BCUT2D eigenvalue weighted by Gasteiger charge is 2.21. The van der Waals surface area contributed by atoms with Crippen molar-refractivity contribution in [3.63, 3.8) is 0 Å². The van der Waals surface area contributed by atoms with E-state index in [-0.39, 0.29) is 0 Å². The Kier molecular flexibility index (Phi) is 4.50. The van der Waals surface area contributed by atoms with Crippen molar-refractivity contribution in [3.8, 4) is 0 Å². The van der Waals surface area contributed by atoms with E-state index in [1.165, 1.54) is 0 Å². The zero-order valence-electron chi connectivity index (χ0n) is 4.18. The Morgan fingerprint density at radius 2 is 0.400 bits per heavy atom. The second-order valence-corrected chi connectivity index (χ2v) is 0.990. The molecule has 0 spiro atoms. The third kappa shape index (κ3) is 1770. The van der Waals surface area contributed by atoms with E-state index in [4.69, 9.17) is 0 Å². The average Bonchev–Trinajstić information content (AvgIpc) is 1.12. The normalized spacial score (nSPS) is 12.0. The lowest BCUT2D eigenvalue weighted by molar-refractivity contribution is 0.366. The SMILES string of the molecule is F[B-](F)(F)F.F[B-](F)(F)F. The molecule has 10 heteroatoms. The molecular formula is B2F8-2. The van der Waals surface area contributed by atoms with Crippen LogP contribution >= 0.6 is 0 Å². The van der Waals surface area contributed by atoms with Gasteiger partial charge in [-0.3, -0.25) is 0 Å². The van der Waals surface area contributed by atoms with Crippen LogP contribution in [0.4, 0.5) is 34.5 Å². The lowest BCUT2D eigenvalue weighted by Crippen LogP contribution is -2.02. The van der Waals surface area contributed by atoms with Crippen molar-refractivity contribution in [2.45, 2.75) is 0 Å². The summed E-state index contributed by atoms with van der Waals surface area (Å²) in [4.78, 5) is 0. The van der Waals surface area contributed by atoms with E-state index in [1.54, 1.807) is 0 Å². The summed E-state index contributed by atoms with van der Waals surface area (Å²) in [5.41, 5.74) is 0. The zero-order valence-corrected chi connectivity index (χ0v) is 4.18. The smallest absolute Gasteiger partial charge is 0.418 e. The fourth-order valence-electron chi connectivity index (χ4n) is 0. The predicted molar refractivity (Wildman–Crippen MR) is 20.4 cm³/mol. The van der Waals surface area contributed by atoms with E-state index in [9.17, 15) is 34.5 Å². The summed E-state index contributed by atoms with van der Waals surface area (Å²) in [6, 6.07) is 0. The minimum Gasteiger partial charge on any atom is -0.418 e. The second kappa shape index (κ2) is 3.67. The number of rotatable bonds is 0. The highest BCUT2D eigenvalue weighted by atomic mass is 19.5. The molecule has 0 amide bonds. The molecule has 0 aliphatic carbocycles. The quantitative estimate of drug-likeness (QED) is 0.390. The first-order valence-corrected chi connectivity index (χ1v) is 1.75. The summed E-state index contributed by atoms with van der Waals surface area (Å²) in [6.45, 7) is 0. The lowest BCUT2D eigenvalue weighted by Gasteiger charge is -1.94. The van der Waals surface area contributed by atoms with Crippen LogP contribution in [-0.2, 0) is 0 Å². The summed E-state index contributed by atoms with van der Waals surface area (Å²) in [7, 11) is -12.0. The molecule has 0 saturated carbocycles. The monoisotopic (exact) mass is 174 g/mol. The Hall–Kier alpha value is -0.430. The molecule has 64 valence electrons. The third-order valence-corrected chi connectivity index (χ3v) is 0. The molecule has 0 bridgehead atoms. The average molecular weight is 174 g/mol. The topological polar surface area (TPSA) is 0 Å². The van der Waals surface area contributed by atoms with Crippen LogP contribution in [0.25, 0.3) is 0 Å². The van der Waals surface area contributed by atoms with E-state index in [0.29, 0.717) is 0 Å². The summed E-state index contributed by atoms with van der Waals surface area (Å²) >= 11 is 0. The molecule has 0 nitrogen and oxygen atoms in total. The van der Waals surface area contributed by atoms with Crippen LogP contribution in [0.1, 0.15) is 0 Å². The molecule has 0 fully saturated rings. The van der Waals surface area contributed by atoms with E-state index in [0.717, 1.165) is 0 Å². The first-order chi connectivity index (χ1) is 4.00. The van der Waals surface area contributed by atoms with Crippen molar-refractivity contribution in [1.82, 2.24) is 0 Å². The summed E-state index contributed by atoms with van der Waals surface area (Å²) in [6.07, 6.45) is 0. The molecule has 0 rings (SSSR count). The van der Waals surface area contributed by atoms with Gasteiger partial charge in [-0.25, -0.2) is 0 Å². The highest BCUT2D eigenvalue weighted by molar-refractivity contribution is 6.50. The maximum absolute atomic E-state index is 9.75. The van der Waals surface area contributed by atoms with Crippen LogP contribution in [0.15, 0.2) is 0 Å². The largest absolute Gasteiger partial charge is 0.673 e. The molecule has 0 N–H and O–H groups in total. The van der Waals surface area contributed by atoms with Gasteiger partial charge in [0.1, 0.15) is 0 Å². The van der Waals surface area contributed by atoms with Crippen LogP contribution in [0.2, 0.25) is 0 Å². The van der Waals surface area contributed by atoms with Gasteiger partial charge in [0.15, 0.2) is 0 Å². The first-order valence-electron chi connectivity index (χ1n) is 1.75. The van der Waals surface area contributed by atoms with Gasteiger partial charge in [0.2, 0.25) is 0 Å². The number of hydrogen-bond donors (Lipinski definition) is 0. The Morgan fingerprint density at radius 3 is 0.400 bits per heavy atom. The molecule has 0 aliphatic heterocycles. The van der Waals surface area contributed by atoms with Crippen molar-refractivity contribution in [1.29, 1.82) is 0 Å². The van der Waals surface area contributed by atoms with Gasteiger partial charge in [-0.15, -0.1) is 0 Å². The van der Waals surface area contributed by atoms with Gasteiger partial charge in [0.05, 0.1) is 0 Å². The molecule has 0 atom stereocenters. The maximum Gasteiger partial charge on any atom is 0.673 e. The molecule has 0 aromatic heterocycles. The van der Waals surface area contributed by atoms with Gasteiger partial charge >= 0.3 is 14.5 Å². The third-order valence-electron chi connectivity index (χ3n) is 0. The number of hydrogen-bond acceptors (Lipinski definition) is 0. The van der Waals surface area contributed by atoms with Gasteiger partial charge in [-0.2, -0.15) is 0 Å². The Labute approximate surface area is 50.4 Å². The fourth-order valence-corrected chi connectivity index (χ4v) is 0. The second-order valence-electron chi connectivity index (χ2n) is 0.990. The van der Waals surface area contributed by atoms with Crippen molar-refractivity contribution in [3.05, 3.63) is 0 Å². The van der Waals surface area contributed by atoms with E-state index < -0.39 is 14.5 Å². The molecular weight excluding hydrogens is 174 g/mol. The maximum atomic E-state index is 9.75. The molecule has 0 aromatic carbocycles. The standard InChI is InChI=1S/2BF4/c2*2-1(3,4)5/q2*-1. The lowest BCUT2D eigenvalue weighted by atomic mass is 10.3. The minimum atomic E-state index is -6.00.